The van der Waals surface area contributed by atoms with Crippen LogP contribution in [0.15, 0.2) is 35.2 Å². The second kappa shape index (κ2) is 4.23. The fraction of sp³-hybridized carbons (Fsp3) is 0. The molecule has 0 bridgehead atoms. The van der Waals surface area contributed by atoms with Gasteiger partial charge in [0.1, 0.15) is 0 Å². The number of primary sulfonamides is 1. The molecule has 0 aliphatic heterocycles. The van der Waals surface area contributed by atoms with E-state index in [0.717, 1.165) is 0 Å². The third kappa shape index (κ3) is 3.35. The number of sulfonamides is 1. The van der Waals surface area contributed by atoms with Crippen molar-refractivity contribution in [1.29, 1.82) is 0 Å². The number of nitrogens with two attached hydrogens (primary N) is 1. The molecule has 0 aliphatic carbocycles. The van der Waals surface area contributed by atoms with Crippen LogP contribution in [0.1, 0.15) is 0 Å². The van der Waals surface area contributed by atoms with Gasteiger partial charge < -0.3 is 0 Å². The molecular formula is C6H7NNaO2S. The quantitative estimate of drug-likeness (QED) is 0.616. The summed E-state index contributed by atoms with van der Waals surface area (Å²) < 4.78 is 21.2. The Morgan fingerprint density at radius 3 is 1.82 bits per heavy atom. The molecule has 1 radical (unpaired) electrons. The van der Waals surface area contributed by atoms with Gasteiger partial charge in [-0.25, -0.2) is 13.6 Å². The largest absolute Gasteiger partial charge is 0.238 e. The van der Waals surface area contributed by atoms with Gasteiger partial charge in [0.15, 0.2) is 0 Å². The normalized spacial score (nSPS) is 10.3. The summed E-state index contributed by atoms with van der Waals surface area (Å²) in [5, 5.41) is 4.83. The minimum absolute atomic E-state index is 0. The number of rotatable bonds is 1. The molecule has 2 N–H and O–H groups in total. The number of benzene rings is 1. The molecule has 0 heterocycles. The summed E-state index contributed by atoms with van der Waals surface area (Å²) in [6, 6.07) is 7.89. The van der Waals surface area contributed by atoms with Crippen molar-refractivity contribution < 1.29 is 8.42 Å². The zero-order valence-corrected chi connectivity index (χ0v) is 9.01. The predicted octanol–water partition coefficient (Wildman–Crippen LogP) is -0.0468. The molecule has 3 nitrogen and oxygen atoms in total. The van der Waals surface area contributed by atoms with E-state index < -0.39 is 10.0 Å². The summed E-state index contributed by atoms with van der Waals surface area (Å²) in [6.07, 6.45) is 0. The fourth-order valence-corrected chi connectivity index (χ4v) is 1.15. The average molecular weight is 180 g/mol. The molecule has 0 unspecified atom stereocenters. The van der Waals surface area contributed by atoms with Crippen LogP contribution in [0.2, 0.25) is 0 Å². The maximum absolute atomic E-state index is 10.6. The Kier molecular flexibility index (Phi) is 4.28. The van der Waals surface area contributed by atoms with Crippen molar-refractivity contribution >= 4 is 39.6 Å². The van der Waals surface area contributed by atoms with Crippen LogP contribution in [0.5, 0.6) is 0 Å². The van der Waals surface area contributed by atoms with Gasteiger partial charge in [0.25, 0.3) is 0 Å². The predicted molar refractivity (Wildman–Crippen MR) is 43.6 cm³/mol. The van der Waals surface area contributed by atoms with Gasteiger partial charge >= 0.3 is 0 Å². The Labute approximate surface area is 87.9 Å². The molecule has 0 aliphatic rings. The van der Waals surface area contributed by atoms with Crippen molar-refractivity contribution in [3.8, 4) is 0 Å². The first-order valence-electron chi connectivity index (χ1n) is 2.68. The van der Waals surface area contributed by atoms with Crippen molar-refractivity contribution in [2.75, 3.05) is 0 Å². The average Bonchev–Trinajstić information content (AvgIpc) is 1.88. The molecule has 55 valence electrons. The van der Waals surface area contributed by atoms with Gasteiger partial charge in [-0.3, -0.25) is 0 Å². The molecule has 0 spiro atoms. The van der Waals surface area contributed by atoms with Crippen LogP contribution in [0, 0.1) is 0 Å². The van der Waals surface area contributed by atoms with Crippen LogP contribution >= 0.6 is 0 Å². The summed E-state index contributed by atoms with van der Waals surface area (Å²) in [5.41, 5.74) is 0. The second-order valence-electron chi connectivity index (χ2n) is 1.86. The van der Waals surface area contributed by atoms with Gasteiger partial charge in [0.2, 0.25) is 10.0 Å². The molecule has 11 heavy (non-hydrogen) atoms. The van der Waals surface area contributed by atoms with Gasteiger partial charge in [0.05, 0.1) is 4.90 Å². The van der Waals surface area contributed by atoms with E-state index in [1.54, 1.807) is 18.2 Å². The van der Waals surface area contributed by atoms with Crippen molar-refractivity contribution in [3.05, 3.63) is 30.3 Å². The van der Waals surface area contributed by atoms with E-state index in [-0.39, 0.29) is 34.5 Å². The second-order valence-corrected chi connectivity index (χ2v) is 3.42. The zero-order chi connectivity index (χ0) is 7.61. The molecule has 0 amide bonds. The first kappa shape index (κ1) is 11.1. The Balaban J connectivity index is 0.000001000. The molecule has 5 heteroatoms. The summed E-state index contributed by atoms with van der Waals surface area (Å²) in [4.78, 5) is 0.148. The Morgan fingerprint density at radius 1 is 1.09 bits per heavy atom. The molecule has 0 saturated heterocycles. The maximum atomic E-state index is 10.6. The van der Waals surface area contributed by atoms with Gasteiger partial charge in [-0.05, 0) is 12.1 Å². The van der Waals surface area contributed by atoms with E-state index in [4.69, 9.17) is 5.14 Å². The minimum Gasteiger partial charge on any atom is -0.225 e. The van der Waals surface area contributed by atoms with Crippen molar-refractivity contribution in [2.45, 2.75) is 4.90 Å². The van der Waals surface area contributed by atoms with E-state index in [9.17, 15) is 8.42 Å². The van der Waals surface area contributed by atoms with E-state index >= 15 is 0 Å². The first-order valence-corrected chi connectivity index (χ1v) is 4.23. The van der Waals surface area contributed by atoms with Crippen LogP contribution in [0.4, 0.5) is 0 Å². The SMILES string of the molecule is NS(=O)(=O)c1ccccc1.[Na]. The van der Waals surface area contributed by atoms with E-state index in [1.807, 2.05) is 0 Å². The summed E-state index contributed by atoms with van der Waals surface area (Å²) in [6.45, 7) is 0. The van der Waals surface area contributed by atoms with Crippen LogP contribution in [-0.2, 0) is 10.0 Å². The number of hydrogen-bond donors (Lipinski definition) is 1. The van der Waals surface area contributed by atoms with Crippen LogP contribution < -0.4 is 5.14 Å². The van der Waals surface area contributed by atoms with Crippen molar-refractivity contribution in [1.82, 2.24) is 0 Å². The Bertz CT molecular complexity index is 309. The first-order chi connectivity index (χ1) is 4.61. The van der Waals surface area contributed by atoms with Gasteiger partial charge in [-0.2, -0.15) is 0 Å². The van der Waals surface area contributed by atoms with Crippen LogP contribution in [-0.4, -0.2) is 38.0 Å². The molecule has 0 fully saturated rings. The minimum atomic E-state index is -3.50. The topological polar surface area (TPSA) is 60.2 Å². The van der Waals surface area contributed by atoms with Crippen molar-refractivity contribution in [2.24, 2.45) is 5.14 Å². The summed E-state index contributed by atoms with van der Waals surface area (Å²) in [5.74, 6) is 0. The van der Waals surface area contributed by atoms with E-state index in [2.05, 4.69) is 0 Å². The van der Waals surface area contributed by atoms with Crippen LogP contribution in [0.3, 0.4) is 0 Å². The standard InChI is InChI=1S/C6H7NO2S.Na/c7-10(8,9)6-4-2-1-3-5-6;/h1-5H,(H2,7,8,9);. The maximum Gasteiger partial charge on any atom is 0.238 e. The number of hydrogen-bond acceptors (Lipinski definition) is 2. The summed E-state index contributed by atoms with van der Waals surface area (Å²) >= 11 is 0. The monoisotopic (exact) mass is 180 g/mol. The fourth-order valence-electron chi connectivity index (χ4n) is 0.610. The molecular weight excluding hydrogens is 173 g/mol. The smallest absolute Gasteiger partial charge is 0.225 e. The molecule has 1 aromatic rings. The van der Waals surface area contributed by atoms with E-state index in [0.29, 0.717) is 0 Å². The molecule has 0 saturated carbocycles. The van der Waals surface area contributed by atoms with Gasteiger partial charge in [-0.1, -0.05) is 18.2 Å². The molecule has 0 atom stereocenters. The molecule has 1 rings (SSSR count). The van der Waals surface area contributed by atoms with Crippen LogP contribution in [0.25, 0.3) is 0 Å². The summed E-state index contributed by atoms with van der Waals surface area (Å²) in [7, 11) is -3.50. The Morgan fingerprint density at radius 2 is 1.55 bits per heavy atom. The van der Waals surface area contributed by atoms with Gasteiger partial charge in [0, 0.05) is 29.6 Å². The van der Waals surface area contributed by atoms with Gasteiger partial charge in [-0.15, -0.1) is 0 Å². The van der Waals surface area contributed by atoms with Crippen molar-refractivity contribution in [3.63, 3.8) is 0 Å². The molecule has 0 aromatic heterocycles. The third-order valence-electron chi connectivity index (χ3n) is 1.07. The Hall–Kier alpha value is 0.130. The zero-order valence-electron chi connectivity index (χ0n) is 6.19. The van der Waals surface area contributed by atoms with E-state index in [1.165, 1.54) is 12.1 Å². The molecule has 1 aromatic carbocycles. The third-order valence-corrected chi connectivity index (χ3v) is 2.00.